The van der Waals surface area contributed by atoms with Gasteiger partial charge in [0.15, 0.2) is 0 Å². The fraction of sp³-hybridized carbons (Fsp3) is 0.667. The highest BCUT2D eigenvalue weighted by molar-refractivity contribution is 5.54. The molecule has 0 saturated carbocycles. The lowest BCUT2D eigenvalue weighted by molar-refractivity contribution is 0.199. The second-order valence-electron chi connectivity index (χ2n) is 5.60. The number of anilines is 1. The Labute approximate surface area is 130 Å². The van der Waals surface area contributed by atoms with E-state index in [1.165, 1.54) is 30.5 Å². The summed E-state index contributed by atoms with van der Waals surface area (Å²) in [4.78, 5) is 2.57. The zero-order valence-corrected chi connectivity index (χ0v) is 14.2. The van der Waals surface area contributed by atoms with Gasteiger partial charge in [-0.25, -0.2) is 0 Å². The summed E-state index contributed by atoms with van der Waals surface area (Å²) in [6.45, 7) is 10.5. The van der Waals surface area contributed by atoms with E-state index in [0.717, 1.165) is 26.2 Å². The van der Waals surface area contributed by atoms with E-state index < -0.39 is 0 Å². The van der Waals surface area contributed by atoms with E-state index >= 15 is 0 Å². The first-order chi connectivity index (χ1) is 10.2. The maximum absolute atomic E-state index is 5.09. The van der Waals surface area contributed by atoms with E-state index in [4.69, 9.17) is 4.74 Å². The molecule has 0 fully saturated rings. The van der Waals surface area contributed by atoms with Crippen LogP contribution in [-0.4, -0.2) is 32.8 Å². The highest BCUT2D eigenvalue weighted by Crippen LogP contribution is 2.24. The third-order valence-electron chi connectivity index (χ3n) is 3.97. The molecule has 1 atom stereocenters. The molecule has 1 N–H and O–H groups in total. The van der Waals surface area contributed by atoms with Crippen LogP contribution in [-0.2, 0) is 11.3 Å². The van der Waals surface area contributed by atoms with E-state index in [9.17, 15) is 0 Å². The standard InChI is InChI=1S/C18H32N2O/c1-5-7-13-20(16(3)6-2)18-11-9-8-10-17(18)15-19-12-14-21-4/h8-11,16,19H,5-7,12-15H2,1-4H3. The van der Waals surface area contributed by atoms with Gasteiger partial charge in [-0.1, -0.05) is 38.5 Å². The maximum atomic E-state index is 5.09. The van der Waals surface area contributed by atoms with Crippen LogP contribution in [0.15, 0.2) is 24.3 Å². The van der Waals surface area contributed by atoms with E-state index in [2.05, 4.69) is 55.3 Å². The molecule has 0 bridgehead atoms. The van der Waals surface area contributed by atoms with Gasteiger partial charge >= 0.3 is 0 Å². The maximum Gasteiger partial charge on any atom is 0.0587 e. The van der Waals surface area contributed by atoms with E-state index in [-0.39, 0.29) is 0 Å². The van der Waals surface area contributed by atoms with Crippen molar-refractivity contribution in [3.63, 3.8) is 0 Å². The quantitative estimate of drug-likeness (QED) is 0.627. The van der Waals surface area contributed by atoms with Gasteiger partial charge in [0.1, 0.15) is 0 Å². The molecule has 0 saturated heterocycles. The molecule has 1 rings (SSSR count). The van der Waals surface area contributed by atoms with Crippen molar-refractivity contribution in [2.75, 3.05) is 31.7 Å². The number of methoxy groups -OCH3 is 1. The second-order valence-corrected chi connectivity index (χ2v) is 5.60. The Balaban J connectivity index is 2.80. The molecule has 0 spiro atoms. The van der Waals surface area contributed by atoms with Gasteiger partial charge in [-0.2, -0.15) is 0 Å². The number of nitrogens with zero attached hydrogens (tertiary/aromatic N) is 1. The van der Waals surface area contributed by atoms with Crippen molar-refractivity contribution < 1.29 is 4.74 Å². The molecule has 1 unspecified atom stereocenters. The number of unbranched alkanes of at least 4 members (excludes halogenated alkanes) is 1. The number of ether oxygens (including phenoxy) is 1. The van der Waals surface area contributed by atoms with Crippen molar-refractivity contribution in [1.29, 1.82) is 0 Å². The summed E-state index contributed by atoms with van der Waals surface area (Å²) in [6.07, 6.45) is 3.66. The summed E-state index contributed by atoms with van der Waals surface area (Å²) < 4.78 is 5.09. The van der Waals surface area contributed by atoms with Crippen LogP contribution in [0.2, 0.25) is 0 Å². The molecule has 0 aliphatic carbocycles. The summed E-state index contributed by atoms with van der Waals surface area (Å²) in [5.74, 6) is 0. The van der Waals surface area contributed by atoms with Crippen LogP contribution in [0.25, 0.3) is 0 Å². The lowest BCUT2D eigenvalue weighted by atomic mass is 10.1. The average molecular weight is 292 g/mol. The first-order valence-corrected chi connectivity index (χ1v) is 8.28. The third kappa shape index (κ3) is 6.06. The van der Waals surface area contributed by atoms with Crippen molar-refractivity contribution in [2.24, 2.45) is 0 Å². The third-order valence-corrected chi connectivity index (χ3v) is 3.97. The van der Waals surface area contributed by atoms with Gasteiger partial charge in [-0.05, 0) is 31.4 Å². The Morgan fingerprint density at radius 2 is 2.00 bits per heavy atom. The number of hydrogen-bond donors (Lipinski definition) is 1. The molecule has 120 valence electrons. The largest absolute Gasteiger partial charge is 0.383 e. The van der Waals surface area contributed by atoms with Crippen LogP contribution in [0.1, 0.15) is 45.6 Å². The van der Waals surface area contributed by atoms with Crippen LogP contribution < -0.4 is 10.2 Å². The van der Waals surface area contributed by atoms with Crippen molar-refractivity contribution in [3.8, 4) is 0 Å². The first kappa shape index (κ1) is 18.0. The Morgan fingerprint density at radius 1 is 1.24 bits per heavy atom. The van der Waals surface area contributed by atoms with Gasteiger partial charge in [0.2, 0.25) is 0 Å². The molecular formula is C18H32N2O. The van der Waals surface area contributed by atoms with Crippen LogP contribution >= 0.6 is 0 Å². The zero-order valence-electron chi connectivity index (χ0n) is 14.2. The fourth-order valence-electron chi connectivity index (χ4n) is 2.46. The molecule has 0 radical (unpaired) electrons. The Bertz CT molecular complexity index is 381. The lowest BCUT2D eigenvalue weighted by Gasteiger charge is -2.32. The Kier molecular flexibility index (Phi) is 9.11. The summed E-state index contributed by atoms with van der Waals surface area (Å²) in [7, 11) is 1.74. The smallest absolute Gasteiger partial charge is 0.0587 e. The number of hydrogen-bond acceptors (Lipinski definition) is 3. The van der Waals surface area contributed by atoms with Gasteiger partial charge in [0, 0.05) is 38.5 Å². The van der Waals surface area contributed by atoms with Gasteiger partial charge in [-0.3, -0.25) is 0 Å². The molecule has 0 aliphatic rings. The number of rotatable bonds is 11. The Morgan fingerprint density at radius 3 is 2.67 bits per heavy atom. The monoisotopic (exact) mass is 292 g/mol. The predicted molar refractivity (Wildman–Crippen MR) is 92.0 cm³/mol. The summed E-state index contributed by atoms with van der Waals surface area (Å²) in [6, 6.07) is 9.35. The van der Waals surface area contributed by atoms with E-state index in [1.807, 2.05) is 0 Å². The normalized spacial score (nSPS) is 12.4. The van der Waals surface area contributed by atoms with Crippen molar-refractivity contribution >= 4 is 5.69 Å². The second kappa shape index (κ2) is 10.6. The van der Waals surface area contributed by atoms with Crippen LogP contribution in [0.5, 0.6) is 0 Å². The molecule has 0 aliphatic heterocycles. The highest BCUT2D eigenvalue weighted by atomic mass is 16.5. The number of para-hydroxylation sites is 1. The molecule has 3 nitrogen and oxygen atoms in total. The molecule has 0 heterocycles. The van der Waals surface area contributed by atoms with Gasteiger partial charge < -0.3 is 15.0 Å². The topological polar surface area (TPSA) is 24.5 Å². The highest BCUT2D eigenvalue weighted by Gasteiger charge is 2.15. The van der Waals surface area contributed by atoms with Crippen molar-refractivity contribution in [1.82, 2.24) is 5.32 Å². The average Bonchev–Trinajstić information content (AvgIpc) is 2.52. The van der Waals surface area contributed by atoms with E-state index in [1.54, 1.807) is 7.11 Å². The van der Waals surface area contributed by atoms with Gasteiger partial charge in [0.25, 0.3) is 0 Å². The molecular weight excluding hydrogens is 260 g/mol. The molecule has 0 aromatic heterocycles. The molecule has 0 amide bonds. The van der Waals surface area contributed by atoms with Gasteiger partial charge in [-0.15, -0.1) is 0 Å². The summed E-state index contributed by atoms with van der Waals surface area (Å²) in [5.41, 5.74) is 2.76. The van der Waals surface area contributed by atoms with Crippen molar-refractivity contribution in [2.45, 2.75) is 52.6 Å². The summed E-state index contributed by atoms with van der Waals surface area (Å²) in [5, 5.41) is 3.46. The predicted octanol–water partition coefficient (Wildman–Crippen LogP) is 3.83. The number of benzene rings is 1. The molecule has 21 heavy (non-hydrogen) atoms. The first-order valence-electron chi connectivity index (χ1n) is 8.28. The minimum absolute atomic E-state index is 0.580. The van der Waals surface area contributed by atoms with Gasteiger partial charge in [0.05, 0.1) is 6.61 Å². The van der Waals surface area contributed by atoms with Crippen LogP contribution in [0, 0.1) is 0 Å². The SMILES string of the molecule is CCCCN(c1ccccc1CNCCOC)C(C)CC. The number of nitrogens with one attached hydrogen (secondary N) is 1. The Hall–Kier alpha value is -1.06. The fourth-order valence-corrected chi connectivity index (χ4v) is 2.46. The molecule has 1 aromatic rings. The molecule has 3 heteroatoms. The minimum Gasteiger partial charge on any atom is -0.383 e. The van der Waals surface area contributed by atoms with E-state index in [0.29, 0.717) is 6.04 Å². The van der Waals surface area contributed by atoms with Crippen LogP contribution in [0.4, 0.5) is 5.69 Å². The lowest BCUT2D eigenvalue weighted by Crippen LogP contribution is -2.34. The minimum atomic E-state index is 0.580. The summed E-state index contributed by atoms with van der Waals surface area (Å²) >= 11 is 0. The van der Waals surface area contributed by atoms with Crippen LogP contribution in [0.3, 0.4) is 0 Å². The molecule has 1 aromatic carbocycles. The zero-order chi connectivity index (χ0) is 15.5. The van der Waals surface area contributed by atoms with Crippen molar-refractivity contribution in [3.05, 3.63) is 29.8 Å².